The molecule has 0 radical (unpaired) electrons. The molecule has 2 aromatic carbocycles. The van der Waals surface area contributed by atoms with E-state index in [2.05, 4.69) is 5.32 Å². The quantitative estimate of drug-likeness (QED) is 0.802. The monoisotopic (exact) mass is 350 g/mol. The number of hydrogen-bond acceptors (Lipinski definition) is 2. The number of likely N-dealkylation sites (tertiary alicyclic amines) is 1. The number of carbonyl (C=O) groups excluding carboxylic acids is 2. The number of rotatable bonds is 5. The van der Waals surface area contributed by atoms with Crippen LogP contribution in [0.4, 0.5) is 4.79 Å². The summed E-state index contributed by atoms with van der Waals surface area (Å²) in [4.78, 5) is 27.2. The molecule has 1 aliphatic rings. The third-order valence-corrected chi connectivity index (χ3v) is 5.04. The number of nitrogens with one attached hydrogen (secondary N) is 1. The van der Waals surface area contributed by atoms with Gasteiger partial charge < -0.3 is 10.2 Å². The van der Waals surface area contributed by atoms with Crippen LogP contribution in [0.2, 0.25) is 0 Å². The molecule has 1 fully saturated rings. The molecular formula is C22H26N2O2. The fourth-order valence-electron chi connectivity index (χ4n) is 3.53. The third kappa shape index (κ3) is 4.51. The van der Waals surface area contributed by atoms with E-state index in [-0.39, 0.29) is 23.9 Å². The summed E-state index contributed by atoms with van der Waals surface area (Å²) in [5.74, 6) is 0.103. The van der Waals surface area contributed by atoms with E-state index in [0.717, 1.165) is 30.4 Å². The highest BCUT2D eigenvalue weighted by molar-refractivity contribution is 5.96. The zero-order chi connectivity index (χ0) is 18.4. The topological polar surface area (TPSA) is 49.4 Å². The summed E-state index contributed by atoms with van der Waals surface area (Å²) in [6.07, 6.45) is 3.32. The Labute approximate surface area is 155 Å². The van der Waals surface area contributed by atoms with E-state index < -0.39 is 0 Å². The van der Waals surface area contributed by atoms with E-state index in [1.165, 1.54) is 0 Å². The molecule has 0 spiro atoms. The van der Waals surface area contributed by atoms with Gasteiger partial charge in [0.05, 0.1) is 6.04 Å². The zero-order valence-corrected chi connectivity index (χ0v) is 15.2. The Kier molecular flexibility index (Phi) is 6.05. The van der Waals surface area contributed by atoms with Crippen LogP contribution in [0.3, 0.4) is 0 Å². The smallest absolute Gasteiger partial charge is 0.318 e. The standard InChI is InChI=1S/C22H26N2O2/c1-17(18-10-4-2-5-11-18)23-22(26)24-15-9-8-14-20(24)16-21(25)19-12-6-3-7-13-19/h2-7,10-13,17,20H,8-9,14-16H2,1H3,(H,23,26)/t17-,20+/m0/s1. The maximum atomic E-state index is 12.8. The largest absolute Gasteiger partial charge is 0.331 e. The van der Waals surface area contributed by atoms with Crippen LogP contribution in [0.1, 0.15) is 54.6 Å². The minimum atomic E-state index is -0.0769. The molecule has 3 rings (SSSR count). The Bertz CT molecular complexity index is 730. The molecule has 2 atom stereocenters. The molecule has 1 N–H and O–H groups in total. The average Bonchev–Trinajstić information content (AvgIpc) is 2.69. The Morgan fingerprint density at radius 2 is 1.69 bits per heavy atom. The lowest BCUT2D eigenvalue weighted by Crippen LogP contribution is -2.49. The first kappa shape index (κ1) is 18.2. The van der Waals surface area contributed by atoms with Crippen molar-refractivity contribution in [2.45, 2.75) is 44.7 Å². The molecule has 0 saturated carbocycles. The Balaban J connectivity index is 1.64. The Hall–Kier alpha value is -2.62. The molecule has 0 aliphatic carbocycles. The molecule has 0 aromatic heterocycles. The molecular weight excluding hydrogens is 324 g/mol. The summed E-state index contributed by atoms with van der Waals surface area (Å²) in [6, 6.07) is 19.1. The van der Waals surface area contributed by atoms with Gasteiger partial charge in [-0.05, 0) is 31.7 Å². The lowest BCUT2D eigenvalue weighted by Gasteiger charge is -2.36. The van der Waals surface area contributed by atoms with Gasteiger partial charge >= 0.3 is 6.03 Å². The highest BCUT2D eigenvalue weighted by Crippen LogP contribution is 2.22. The summed E-state index contributed by atoms with van der Waals surface area (Å²) < 4.78 is 0. The predicted octanol–water partition coefficient (Wildman–Crippen LogP) is 4.58. The van der Waals surface area contributed by atoms with Crippen molar-refractivity contribution < 1.29 is 9.59 Å². The van der Waals surface area contributed by atoms with Gasteiger partial charge in [-0.3, -0.25) is 4.79 Å². The van der Waals surface area contributed by atoms with Crippen molar-refractivity contribution in [1.29, 1.82) is 0 Å². The third-order valence-electron chi connectivity index (χ3n) is 5.04. The molecule has 2 amide bonds. The van der Waals surface area contributed by atoms with Crippen molar-refractivity contribution in [2.24, 2.45) is 0 Å². The van der Waals surface area contributed by atoms with E-state index in [1.54, 1.807) is 0 Å². The van der Waals surface area contributed by atoms with E-state index >= 15 is 0 Å². The van der Waals surface area contributed by atoms with Gasteiger partial charge in [-0.1, -0.05) is 60.7 Å². The van der Waals surface area contributed by atoms with E-state index in [1.807, 2.05) is 72.5 Å². The van der Waals surface area contributed by atoms with Crippen LogP contribution in [-0.4, -0.2) is 29.3 Å². The van der Waals surface area contributed by atoms with Crippen LogP contribution in [0.5, 0.6) is 0 Å². The van der Waals surface area contributed by atoms with E-state index in [4.69, 9.17) is 0 Å². The van der Waals surface area contributed by atoms with Gasteiger partial charge in [-0.15, -0.1) is 0 Å². The van der Waals surface area contributed by atoms with Gasteiger partial charge in [0.1, 0.15) is 0 Å². The number of hydrogen-bond donors (Lipinski definition) is 1. The zero-order valence-electron chi connectivity index (χ0n) is 15.2. The second-order valence-corrected chi connectivity index (χ2v) is 6.92. The fraction of sp³-hybridized carbons (Fsp3) is 0.364. The Morgan fingerprint density at radius 1 is 1.04 bits per heavy atom. The summed E-state index contributed by atoms with van der Waals surface area (Å²) in [6.45, 7) is 2.70. The van der Waals surface area contributed by atoms with Crippen molar-refractivity contribution in [3.8, 4) is 0 Å². The average molecular weight is 350 g/mol. The highest BCUT2D eigenvalue weighted by atomic mass is 16.2. The lowest BCUT2D eigenvalue weighted by molar-refractivity contribution is 0.0906. The summed E-state index contributed by atoms with van der Waals surface area (Å²) in [7, 11) is 0. The van der Waals surface area contributed by atoms with Gasteiger partial charge in [0, 0.05) is 24.6 Å². The van der Waals surface area contributed by atoms with Gasteiger partial charge in [-0.2, -0.15) is 0 Å². The van der Waals surface area contributed by atoms with Crippen molar-refractivity contribution in [1.82, 2.24) is 10.2 Å². The van der Waals surface area contributed by atoms with Crippen molar-refractivity contribution in [2.75, 3.05) is 6.54 Å². The second-order valence-electron chi connectivity index (χ2n) is 6.92. The minimum Gasteiger partial charge on any atom is -0.331 e. The van der Waals surface area contributed by atoms with E-state index in [9.17, 15) is 9.59 Å². The number of Topliss-reactive ketones (excluding diaryl/α,β-unsaturated/α-hetero) is 1. The van der Waals surface area contributed by atoms with Crippen LogP contribution in [0, 0.1) is 0 Å². The fourth-order valence-corrected chi connectivity index (χ4v) is 3.53. The normalized spacial score (nSPS) is 18.2. The first-order valence-electron chi connectivity index (χ1n) is 9.35. The Morgan fingerprint density at radius 3 is 2.38 bits per heavy atom. The number of benzene rings is 2. The molecule has 2 aromatic rings. The van der Waals surface area contributed by atoms with Crippen molar-refractivity contribution in [3.05, 3.63) is 71.8 Å². The number of carbonyl (C=O) groups is 2. The summed E-state index contributed by atoms with van der Waals surface area (Å²) in [5.41, 5.74) is 1.80. The maximum Gasteiger partial charge on any atom is 0.318 e. The predicted molar refractivity (Wildman–Crippen MR) is 103 cm³/mol. The number of amides is 2. The van der Waals surface area contributed by atoms with Crippen LogP contribution < -0.4 is 5.32 Å². The first-order chi connectivity index (χ1) is 12.6. The summed E-state index contributed by atoms with van der Waals surface area (Å²) >= 11 is 0. The van der Waals surface area contributed by atoms with E-state index in [0.29, 0.717) is 13.0 Å². The van der Waals surface area contributed by atoms with Crippen LogP contribution in [0.15, 0.2) is 60.7 Å². The van der Waals surface area contributed by atoms with Gasteiger partial charge in [0.2, 0.25) is 0 Å². The van der Waals surface area contributed by atoms with Crippen LogP contribution in [-0.2, 0) is 0 Å². The number of nitrogens with zero attached hydrogens (tertiary/aromatic N) is 1. The van der Waals surface area contributed by atoms with Gasteiger partial charge in [-0.25, -0.2) is 4.79 Å². The first-order valence-corrected chi connectivity index (χ1v) is 9.35. The molecule has 1 aliphatic heterocycles. The molecule has 0 bridgehead atoms. The molecule has 1 heterocycles. The molecule has 1 saturated heterocycles. The molecule has 0 unspecified atom stereocenters. The number of urea groups is 1. The molecule has 136 valence electrons. The van der Waals surface area contributed by atoms with Crippen LogP contribution in [0.25, 0.3) is 0 Å². The van der Waals surface area contributed by atoms with Crippen molar-refractivity contribution >= 4 is 11.8 Å². The molecule has 26 heavy (non-hydrogen) atoms. The molecule has 4 nitrogen and oxygen atoms in total. The molecule has 4 heteroatoms. The van der Waals surface area contributed by atoms with Crippen molar-refractivity contribution in [3.63, 3.8) is 0 Å². The second kappa shape index (κ2) is 8.65. The number of piperidine rings is 1. The minimum absolute atomic E-state index is 0.0283. The lowest BCUT2D eigenvalue weighted by atomic mass is 9.95. The van der Waals surface area contributed by atoms with Gasteiger partial charge in [0.15, 0.2) is 5.78 Å². The summed E-state index contributed by atoms with van der Waals surface area (Å²) in [5, 5.41) is 3.08. The van der Waals surface area contributed by atoms with Gasteiger partial charge in [0.25, 0.3) is 0 Å². The SMILES string of the molecule is C[C@H](NC(=O)N1CCCC[C@@H]1CC(=O)c1ccccc1)c1ccccc1. The van der Waals surface area contributed by atoms with Crippen LogP contribution >= 0.6 is 0 Å². The highest BCUT2D eigenvalue weighted by Gasteiger charge is 2.29. The number of ketones is 1. The maximum absolute atomic E-state index is 12.8.